The van der Waals surface area contributed by atoms with Crippen LogP contribution >= 0.6 is 23.2 Å². The van der Waals surface area contributed by atoms with Gasteiger partial charge in [-0.05, 0) is 42.5 Å². The Labute approximate surface area is 181 Å². The van der Waals surface area contributed by atoms with E-state index in [4.69, 9.17) is 23.2 Å². The fourth-order valence-corrected chi connectivity index (χ4v) is 3.50. The van der Waals surface area contributed by atoms with Crippen LogP contribution in [0.4, 0.5) is 11.4 Å². The lowest BCUT2D eigenvalue weighted by atomic mass is 9.94. The van der Waals surface area contributed by atoms with Crippen LogP contribution in [-0.2, 0) is 4.79 Å². The van der Waals surface area contributed by atoms with Crippen LogP contribution in [0.2, 0.25) is 10.0 Å². The Balaban J connectivity index is 1.98. The van der Waals surface area contributed by atoms with Crippen molar-refractivity contribution in [2.75, 3.05) is 20.1 Å². The van der Waals surface area contributed by atoms with Crippen LogP contribution in [0.1, 0.15) is 11.1 Å². The number of nitro groups is 2. The highest BCUT2D eigenvalue weighted by Gasteiger charge is 2.25. The maximum absolute atomic E-state index is 13.0. The summed E-state index contributed by atoms with van der Waals surface area (Å²) in [6.07, 6.45) is 3.17. The maximum Gasteiger partial charge on any atom is 0.288 e. The summed E-state index contributed by atoms with van der Waals surface area (Å²) in [4.78, 5) is 35.9. The number of hydrogen-bond donors (Lipinski definition) is 0. The minimum Gasteiger partial charge on any atom is -0.298 e. The maximum atomic E-state index is 13.0. The van der Waals surface area contributed by atoms with Crippen LogP contribution < -0.4 is 0 Å². The van der Waals surface area contributed by atoms with E-state index in [1.807, 2.05) is 11.9 Å². The molecular formula is C20H15Cl2N3O5. The van der Waals surface area contributed by atoms with Gasteiger partial charge in [0.25, 0.3) is 11.4 Å². The highest BCUT2D eigenvalue weighted by molar-refractivity contribution is 6.33. The molecule has 0 atom stereocenters. The average molecular weight is 448 g/mol. The average Bonchev–Trinajstić information content (AvgIpc) is 2.68. The molecule has 1 heterocycles. The van der Waals surface area contributed by atoms with E-state index in [-0.39, 0.29) is 27.2 Å². The predicted molar refractivity (Wildman–Crippen MR) is 115 cm³/mol. The first kappa shape index (κ1) is 21.6. The molecule has 2 aromatic carbocycles. The molecule has 0 aromatic heterocycles. The van der Waals surface area contributed by atoms with Crippen molar-refractivity contribution < 1.29 is 14.6 Å². The van der Waals surface area contributed by atoms with Gasteiger partial charge in [0.05, 0.1) is 9.85 Å². The second-order valence-electron chi connectivity index (χ2n) is 6.78. The van der Waals surface area contributed by atoms with Crippen molar-refractivity contribution in [1.82, 2.24) is 4.90 Å². The van der Waals surface area contributed by atoms with Gasteiger partial charge in [-0.2, -0.15) is 0 Å². The molecule has 3 rings (SSSR count). The highest BCUT2D eigenvalue weighted by atomic mass is 35.5. The van der Waals surface area contributed by atoms with Gasteiger partial charge in [-0.25, -0.2) is 0 Å². The fourth-order valence-electron chi connectivity index (χ4n) is 3.13. The molecule has 0 spiro atoms. The molecule has 2 aromatic rings. The molecule has 0 N–H and O–H groups in total. The molecule has 0 unspecified atom stereocenters. The largest absolute Gasteiger partial charge is 0.298 e. The first-order valence-corrected chi connectivity index (χ1v) is 9.43. The Morgan fingerprint density at radius 1 is 0.867 bits per heavy atom. The van der Waals surface area contributed by atoms with Crippen molar-refractivity contribution in [3.8, 4) is 0 Å². The van der Waals surface area contributed by atoms with Crippen LogP contribution in [0, 0.1) is 20.2 Å². The molecule has 0 radical (unpaired) electrons. The lowest BCUT2D eigenvalue weighted by Gasteiger charge is -2.26. The summed E-state index contributed by atoms with van der Waals surface area (Å²) in [6, 6.07) is 8.62. The molecular weight excluding hydrogens is 433 g/mol. The van der Waals surface area contributed by atoms with Gasteiger partial charge in [0.1, 0.15) is 10.0 Å². The van der Waals surface area contributed by atoms with Crippen LogP contribution in [0.5, 0.6) is 0 Å². The number of halogens is 2. The minimum atomic E-state index is -0.585. The summed E-state index contributed by atoms with van der Waals surface area (Å²) in [5, 5.41) is 22.2. The summed E-state index contributed by atoms with van der Waals surface area (Å²) >= 11 is 11.7. The van der Waals surface area contributed by atoms with Crippen LogP contribution in [-0.4, -0.2) is 40.7 Å². The van der Waals surface area contributed by atoms with Gasteiger partial charge in [0.15, 0.2) is 5.78 Å². The summed E-state index contributed by atoms with van der Waals surface area (Å²) in [5.41, 5.74) is 1.35. The third-order valence-corrected chi connectivity index (χ3v) is 5.12. The van der Waals surface area contributed by atoms with Gasteiger partial charge >= 0.3 is 0 Å². The van der Waals surface area contributed by atoms with Crippen LogP contribution in [0.15, 0.2) is 47.5 Å². The van der Waals surface area contributed by atoms with Gasteiger partial charge in [0, 0.05) is 36.4 Å². The molecule has 0 saturated carbocycles. The standard InChI is InChI=1S/C20H15Cl2N3O5/c1-23-10-14(6-12-2-4-16(21)18(8-12)24(27)28)20(26)15(11-23)7-13-3-5-17(22)19(9-13)25(29)30/h2-9H,10-11H2,1H3. The zero-order valence-electron chi connectivity index (χ0n) is 15.7. The minimum absolute atomic E-state index is 0.0131. The number of hydrogen-bond acceptors (Lipinski definition) is 6. The molecule has 1 aliphatic rings. The van der Waals surface area contributed by atoms with Crippen molar-refractivity contribution in [3.05, 3.63) is 88.9 Å². The Kier molecular flexibility index (Phi) is 6.31. The normalized spacial score (nSPS) is 17.5. The van der Waals surface area contributed by atoms with E-state index in [9.17, 15) is 25.0 Å². The molecule has 0 bridgehead atoms. The Morgan fingerprint density at radius 2 is 1.27 bits per heavy atom. The number of likely N-dealkylation sites (N-methyl/N-ethyl adjacent to an activating group) is 1. The van der Waals surface area contributed by atoms with Gasteiger partial charge in [0.2, 0.25) is 0 Å². The molecule has 0 amide bonds. The second-order valence-corrected chi connectivity index (χ2v) is 7.59. The van der Waals surface area contributed by atoms with Crippen LogP contribution in [0.3, 0.4) is 0 Å². The highest BCUT2D eigenvalue weighted by Crippen LogP contribution is 2.29. The molecule has 8 nitrogen and oxygen atoms in total. The monoisotopic (exact) mass is 447 g/mol. The van der Waals surface area contributed by atoms with Crippen molar-refractivity contribution in [1.29, 1.82) is 0 Å². The summed E-state index contributed by atoms with van der Waals surface area (Å²) in [5.74, 6) is -0.233. The van der Waals surface area contributed by atoms with Crippen LogP contribution in [0.25, 0.3) is 12.2 Å². The number of likely N-dealkylation sites (tertiary alicyclic amines) is 1. The number of carbonyl (C=O) groups is 1. The second kappa shape index (κ2) is 8.74. The third-order valence-electron chi connectivity index (χ3n) is 4.48. The van der Waals surface area contributed by atoms with E-state index >= 15 is 0 Å². The Morgan fingerprint density at radius 3 is 1.63 bits per heavy atom. The van der Waals surface area contributed by atoms with Crippen molar-refractivity contribution >= 4 is 52.5 Å². The number of piperidine rings is 1. The third kappa shape index (κ3) is 4.73. The Bertz CT molecular complexity index is 1040. The molecule has 154 valence electrons. The fraction of sp³-hybridized carbons (Fsp3) is 0.150. The number of carbonyl (C=O) groups excluding carboxylic acids is 1. The van der Waals surface area contributed by atoms with E-state index in [0.29, 0.717) is 35.4 Å². The SMILES string of the molecule is CN1CC(=Cc2ccc(Cl)c([N+](=O)[O-])c2)C(=O)C(=Cc2ccc(Cl)c([N+](=O)[O-])c2)C1. The molecule has 0 aliphatic carbocycles. The predicted octanol–water partition coefficient (Wildman–Crippen LogP) is 4.79. The van der Waals surface area contributed by atoms with E-state index in [1.54, 1.807) is 24.3 Å². The van der Waals surface area contributed by atoms with Gasteiger partial charge in [-0.3, -0.25) is 29.9 Å². The van der Waals surface area contributed by atoms with Gasteiger partial charge in [-0.15, -0.1) is 0 Å². The van der Waals surface area contributed by atoms with E-state index in [0.717, 1.165) is 0 Å². The molecule has 1 fully saturated rings. The molecule has 30 heavy (non-hydrogen) atoms. The molecule has 1 aliphatic heterocycles. The van der Waals surface area contributed by atoms with Gasteiger partial charge < -0.3 is 0 Å². The van der Waals surface area contributed by atoms with Crippen molar-refractivity contribution in [3.63, 3.8) is 0 Å². The Hall–Kier alpha value is -3.07. The topological polar surface area (TPSA) is 107 Å². The molecule has 10 heteroatoms. The number of nitrogens with zero attached hydrogens (tertiary/aromatic N) is 3. The quantitative estimate of drug-likeness (QED) is 0.378. The van der Waals surface area contributed by atoms with Gasteiger partial charge in [-0.1, -0.05) is 35.3 Å². The number of ketones is 1. The summed E-state index contributed by atoms with van der Waals surface area (Å²) in [6.45, 7) is 0.709. The van der Waals surface area contributed by atoms with Crippen molar-refractivity contribution in [2.24, 2.45) is 0 Å². The summed E-state index contributed by atoms with van der Waals surface area (Å²) in [7, 11) is 1.82. The van der Waals surface area contributed by atoms with Crippen molar-refractivity contribution in [2.45, 2.75) is 0 Å². The number of rotatable bonds is 4. The number of Topliss-reactive ketones (excluding diaryl/α,β-unsaturated/α-hetero) is 1. The van der Waals surface area contributed by atoms with E-state index in [1.165, 1.54) is 24.3 Å². The zero-order valence-corrected chi connectivity index (χ0v) is 17.2. The lowest BCUT2D eigenvalue weighted by Crippen LogP contribution is -2.34. The zero-order chi connectivity index (χ0) is 22.0. The number of nitro benzene ring substituents is 2. The van der Waals surface area contributed by atoms with E-state index in [2.05, 4.69) is 0 Å². The first-order chi connectivity index (χ1) is 14.2. The smallest absolute Gasteiger partial charge is 0.288 e. The lowest BCUT2D eigenvalue weighted by molar-refractivity contribution is -0.384. The first-order valence-electron chi connectivity index (χ1n) is 8.68. The van der Waals surface area contributed by atoms with E-state index < -0.39 is 9.85 Å². The summed E-state index contributed by atoms with van der Waals surface area (Å²) < 4.78 is 0. The molecule has 1 saturated heterocycles. The number of benzene rings is 2.